The Hall–Kier alpha value is -0.380. The molecule has 0 atom stereocenters. The molecule has 14 heavy (non-hydrogen) atoms. The van der Waals surface area contributed by atoms with E-state index in [1.807, 2.05) is 5.38 Å². The smallest absolute Gasteiger partial charge is 0.0696 e. The molecule has 1 aromatic heterocycles. The summed E-state index contributed by atoms with van der Waals surface area (Å²) in [5.41, 5.74) is 3.59. The highest BCUT2D eigenvalue weighted by molar-refractivity contribution is 9.08. The van der Waals surface area contributed by atoms with E-state index >= 15 is 0 Å². The standard InChI is InChI=1S/C11H11BrOS/c1-7-2-3-8(4-12)11-10(7)9(5-13)6-14-11/h2-3,6,13H,4-5H2,1H3. The number of halogens is 1. The zero-order chi connectivity index (χ0) is 10.1. The number of thiophene rings is 1. The Morgan fingerprint density at radius 3 is 2.79 bits per heavy atom. The van der Waals surface area contributed by atoms with Crippen molar-refractivity contribution in [2.45, 2.75) is 18.9 Å². The van der Waals surface area contributed by atoms with Gasteiger partial charge in [0.15, 0.2) is 0 Å². The summed E-state index contributed by atoms with van der Waals surface area (Å²) in [5, 5.41) is 13.4. The fourth-order valence-corrected chi connectivity index (χ4v) is 3.48. The molecule has 0 radical (unpaired) electrons. The summed E-state index contributed by atoms with van der Waals surface area (Å²) in [6, 6.07) is 4.26. The predicted molar refractivity (Wildman–Crippen MR) is 65.1 cm³/mol. The lowest BCUT2D eigenvalue weighted by Crippen LogP contribution is -1.85. The number of hydrogen-bond donors (Lipinski definition) is 1. The number of aryl methyl sites for hydroxylation is 1. The second-order valence-electron chi connectivity index (χ2n) is 3.30. The van der Waals surface area contributed by atoms with Crippen molar-refractivity contribution >= 4 is 37.4 Å². The van der Waals surface area contributed by atoms with E-state index in [1.54, 1.807) is 11.3 Å². The second-order valence-corrected chi connectivity index (χ2v) is 4.74. The fourth-order valence-electron chi connectivity index (χ4n) is 1.67. The summed E-state index contributed by atoms with van der Waals surface area (Å²) in [4.78, 5) is 0. The molecule has 0 spiro atoms. The molecular formula is C11H11BrOS. The highest BCUT2D eigenvalue weighted by Gasteiger charge is 2.08. The quantitative estimate of drug-likeness (QED) is 0.827. The minimum atomic E-state index is 0.132. The van der Waals surface area contributed by atoms with Crippen LogP contribution in [0.3, 0.4) is 0 Å². The van der Waals surface area contributed by atoms with Crippen LogP contribution in [0.4, 0.5) is 0 Å². The number of benzene rings is 1. The van der Waals surface area contributed by atoms with Gasteiger partial charge in [0, 0.05) is 15.4 Å². The van der Waals surface area contributed by atoms with Crippen LogP contribution in [0.5, 0.6) is 0 Å². The van der Waals surface area contributed by atoms with Crippen molar-refractivity contribution in [1.82, 2.24) is 0 Å². The Kier molecular flexibility index (Phi) is 2.91. The molecule has 1 N–H and O–H groups in total. The minimum Gasteiger partial charge on any atom is -0.392 e. The Morgan fingerprint density at radius 1 is 1.36 bits per heavy atom. The van der Waals surface area contributed by atoms with Crippen LogP contribution in [0.1, 0.15) is 16.7 Å². The molecule has 0 saturated heterocycles. The maximum absolute atomic E-state index is 9.21. The molecule has 3 heteroatoms. The van der Waals surface area contributed by atoms with Crippen LogP contribution in [-0.4, -0.2) is 5.11 Å². The normalized spacial score (nSPS) is 11.1. The van der Waals surface area contributed by atoms with Crippen molar-refractivity contribution in [3.05, 3.63) is 34.2 Å². The van der Waals surface area contributed by atoms with Crippen LogP contribution in [0.25, 0.3) is 10.1 Å². The van der Waals surface area contributed by atoms with Crippen LogP contribution >= 0.6 is 27.3 Å². The number of aliphatic hydroxyl groups excluding tert-OH is 1. The molecule has 0 fully saturated rings. The number of rotatable bonds is 2. The summed E-state index contributed by atoms with van der Waals surface area (Å²) in [7, 11) is 0. The molecule has 1 aromatic carbocycles. The Balaban J connectivity index is 2.80. The van der Waals surface area contributed by atoms with Gasteiger partial charge in [0.25, 0.3) is 0 Å². The highest BCUT2D eigenvalue weighted by atomic mass is 79.9. The van der Waals surface area contributed by atoms with E-state index in [0.29, 0.717) is 0 Å². The van der Waals surface area contributed by atoms with Crippen molar-refractivity contribution in [1.29, 1.82) is 0 Å². The lowest BCUT2D eigenvalue weighted by atomic mass is 10.1. The molecular weight excluding hydrogens is 260 g/mol. The SMILES string of the molecule is Cc1ccc(CBr)c2scc(CO)c12. The van der Waals surface area contributed by atoms with Gasteiger partial charge < -0.3 is 5.11 Å². The Morgan fingerprint density at radius 2 is 2.14 bits per heavy atom. The van der Waals surface area contributed by atoms with E-state index in [2.05, 4.69) is 35.0 Å². The molecule has 0 unspecified atom stereocenters. The topological polar surface area (TPSA) is 20.2 Å². The zero-order valence-corrected chi connectivity index (χ0v) is 10.3. The summed E-state index contributed by atoms with van der Waals surface area (Å²) in [6.07, 6.45) is 0. The van der Waals surface area contributed by atoms with E-state index in [4.69, 9.17) is 0 Å². The van der Waals surface area contributed by atoms with Crippen LogP contribution in [-0.2, 0) is 11.9 Å². The van der Waals surface area contributed by atoms with Crippen molar-refractivity contribution in [2.24, 2.45) is 0 Å². The van der Waals surface area contributed by atoms with Crippen molar-refractivity contribution in [2.75, 3.05) is 0 Å². The molecule has 0 aliphatic rings. The molecule has 1 heterocycles. The Bertz CT molecular complexity index is 462. The molecule has 0 bridgehead atoms. The van der Waals surface area contributed by atoms with Gasteiger partial charge in [0.1, 0.15) is 0 Å². The molecule has 2 aromatic rings. The summed E-state index contributed by atoms with van der Waals surface area (Å²) in [5.74, 6) is 0. The van der Waals surface area contributed by atoms with Gasteiger partial charge in [-0.25, -0.2) is 0 Å². The van der Waals surface area contributed by atoms with Crippen molar-refractivity contribution in [3.63, 3.8) is 0 Å². The largest absolute Gasteiger partial charge is 0.392 e. The van der Waals surface area contributed by atoms with Crippen molar-refractivity contribution in [3.8, 4) is 0 Å². The molecule has 0 aliphatic carbocycles. The van der Waals surface area contributed by atoms with Gasteiger partial charge in [-0.05, 0) is 29.0 Å². The van der Waals surface area contributed by atoms with E-state index in [1.165, 1.54) is 21.2 Å². The average Bonchev–Trinajstić information content (AvgIpc) is 2.63. The van der Waals surface area contributed by atoms with Gasteiger partial charge in [-0.3, -0.25) is 0 Å². The van der Waals surface area contributed by atoms with E-state index < -0.39 is 0 Å². The molecule has 2 rings (SSSR count). The van der Waals surface area contributed by atoms with Crippen LogP contribution in [0.2, 0.25) is 0 Å². The van der Waals surface area contributed by atoms with Gasteiger partial charge in [0.2, 0.25) is 0 Å². The van der Waals surface area contributed by atoms with Gasteiger partial charge >= 0.3 is 0 Å². The maximum Gasteiger partial charge on any atom is 0.0696 e. The van der Waals surface area contributed by atoms with E-state index in [9.17, 15) is 5.11 Å². The third-order valence-corrected chi connectivity index (χ3v) is 4.11. The van der Waals surface area contributed by atoms with Gasteiger partial charge in [0.05, 0.1) is 6.61 Å². The third-order valence-electron chi connectivity index (χ3n) is 2.40. The van der Waals surface area contributed by atoms with Gasteiger partial charge in [-0.2, -0.15) is 0 Å². The highest BCUT2D eigenvalue weighted by Crippen LogP contribution is 2.32. The number of alkyl halides is 1. The molecule has 0 saturated carbocycles. The second kappa shape index (κ2) is 4.01. The maximum atomic E-state index is 9.21. The Labute approximate surface area is 95.5 Å². The number of aliphatic hydroxyl groups is 1. The summed E-state index contributed by atoms with van der Waals surface area (Å²) >= 11 is 5.19. The first-order valence-corrected chi connectivity index (χ1v) is 6.43. The summed E-state index contributed by atoms with van der Waals surface area (Å²) in [6.45, 7) is 2.22. The molecule has 74 valence electrons. The average molecular weight is 271 g/mol. The molecule has 1 nitrogen and oxygen atoms in total. The van der Waals surface area contributed by atoms with Crippen LogP contribution in [0.15, 0.2) is 17.5 Å². The molecule has 0 aliphatic heterocycles. The fraction of sp³-hybridized carbons (Fsp3) is 0.273. The third kappa shape index (κ3) is 1.49. The molecule has 0 amide bonds. The number of hydrogen-bond acceptors (Lipinski definition) is 2. The zero-order valence-electron chi connectivity index (χ0n) is 7.88. The number of fused-ring (bicyclic) bond motifs is 1. The van der Waals surface area contributed by atoms with Crippen LogP contribution in [0, 0.1) is 6.92 Å². The first-order valence-electron chi connectivity index (χ1n) is 4.43. The van der Waals surface area contributed by atoms with E-state index in [-0.39, 0.29) is 6.61 Å². The first-order chi connectivity index (χ1) is 6.77. The van der Waals surface area contributed by atoms with Crippen molar-refractivity contribution < 1.29 is 5.11 Å². The van der Waals surface area contributed by atoms with Crippen LogP contribution < -0.4 is 0 Å². The van der Waals surface area contributed by atoms with E-state index in [0.717, 1.165) is 10.9 Å². The predicted octanol–water partition coefficient (Wildman–Crippen LogP) is 3.60. The summed E-state index contributed by atoms with van der Waals surface area (Å²) < 4.78 is 1.30. The minimum absolute atomic E-state index is 0.132. The van der Waals surface area contributed by atoms with Gasteiger partial charge in [-0.15, -0.1) is 11.3 Å². The van der Waals surface area contributed by atoms with Gasteiger partial charge in [-0.1, -0.05) is 28.1 Å². The lowest BCUT2D eigenvalue weighted by molar-refractivity contribution is 0.284. The first kappa shape index (κ1) is 10.1. The monoisotopic (exact) mass is 270 g/mol. The lowest BCUT2D eigenvalue weighted by Gasteiger charge is -2.03.